The average molecular weight is 746 g/mol. The summed E-state index contributed by atoms with van der Waals surface area (Å²) in [5, 5.41) is 2.32. The Morgan fingerprint density at radius 3 is 2.40 bits per heavy atom. The Kier molecular flexibility index (Phi) is 9.78. The molecule has 1 aliphatic rings. The number of carbonyl (C=O) groups excluding carboxylic acids is 1. The van der Waals surface area contributed by atoms with E-state index in [0.717, 1.165) is 32.1 Å². The number of benzene rings is 5. The predicted octanol–water partition coefficient (Wildman–Crippen LogP) is 7.83. The monoisotopic (exact) mass is 744 g/mol. The molecule has 1 aliphatic heterocycles. The van der Waals surface area contributed by atoms with Gasteiger partial charge in [0, 0.05) is 5.56 Å². The maximum absolute atomic E-state index is 14.3. The molecule has 7 nitrogen and oxygen atoms in total. The Balaban J connectivity index is 1.29. The lowest BCUT2D eigenvalue weighted by atomic mass is 9.93. The van der Waals surface area contributed by atoms with E-state index in [0.29, 0.717) is 45.3 Å². The van der Waals surface area contributed by atoms with E-state index in [4.69, 9.17) is 19.2 Å². The number of rotatable bonds is 10. The second-order valence-corrected chi connectivity index (χ2v) is 13.4. The van der Waals surface area contributed by atoms with Gasteiger partial charge in [0.25, 0.3) is 5.56 Å². The predicted molar refractivity (Wildman–Crippen MR) is 201 cm³/mol. The summed E-state index contributed by atoms with van der Waals surface area (Å²) in [6.45, 7) is 4.80. The Morgan fingerprint density at radius 1 is 0.880 bits per heavy atom. The number of hydrogen-bond acceptors (Lipinski definition) is 7. The van der Waals surface area contributed by atoms with E-state index in [2.05, 4.69) is 40.2 Å². The van der Waals surface area contributed by atoms with Crippen molar-refractivity contribution in [1.29, 1.82) is 0 Å². The van der Waals surface area contributed by atoms with Gasteiger partial charge in [0.05, 0.1) is 39.5 Å². The van der Waals surface area contributed by atoms with Crippen molar-refractivity contribution in [1.82, 2.24) is 4.57 Å². The highest BCUT2D eigenvalue weighted by Gasteiger charge is 2.35. The lowest BCUT2D eigenvalue weighted by Gasteiger charge is -2.26. The van der Waals surface area contributed by atoms with Gasteiger partial charge in [-0.05, 0) is 87.6 Å². The molecule has 0 unspecified atom stereocenters. The van der Waals surface area contributed by atoms with E-state index >= 15 is 0 Å². The molecule has 0 N–H and O–H groups in total. The smallest absolute Gasteiger partial charge is 0.338 e. The first-order valence-electron chi connectivity index (χ1n) is 16.4. The zero-order chi connectivity index (χ0) is 34.6. The summed E-state index contributed by atoms with van der Waals surface area (Å²) in [7, 11) is 0. The number of ether oxygens (including phenoxy) is 3. The van der Waals surface area contributed by atoms with E-state index < -0.39 is 12.0 Å². The molecule has 0 radical (unpaired) electrons. The average Bonchev–Trinajstić information content (AvgIpc) is 3.45. The van der Waals surface area contributed by atoms with Crippen LogP contribution in [-0.4, -0.2) is 23.8 Å². The molecule has 0 amide bonds. The molecule has 5 aromatic carbocycles. The van der Waals surface area contributed by atoms with Gasteiger partial charge in [-0.2, -0.15) is 0 Å². The first-order chi connectivity index (χ1) is 24.4. The van der Waals surface area contributed by atoms with Crippen LogP contribution in [0.3, 0.4) is 0 Å². The normalized spacial score (nSPS) is 14.3. The Morgan fingerprint density at radius 2 is 1.64 bits per heavy atom. The van der Waals surface area contributed by atoms with Crippen LogP contribution in [0.4, 0.5) is 0 Å². The van der Waals surface area contributed by atoms with Gasteiger partial charge in [-0.3, -0.25) is 9.36 Å². The van der Waals surface area contributed by atoms with Crippen molar-refractivity contribution in [2.24, 2.45) is 4.99 Å². The van der Waals surface area contributed by atoms with E-state index in [1.807, 2.05) is 104 Å². The third-order valence-electron chi connectivity index (χ3n) is 8.40. The molecule has 7 rings (SSSR count). The topological polar surface area (TPSA) is 79.1 Å². The first kappa shape index (κ1) is 33.3. The highest BCUT2D eigenvalue weighted by atomic mass is 79.9. The SMILES string of the molecule is CCOC(=O)C1=C(c2ccccc2)N=c2s/c(=C\c3ccc(OCc4cccc5ccccc45)c(Br)c3)c(=O)n2[C@@H]1c1ccc(OCC)cc1. The molecule has 1 atom stereocenters. The van der Waals surface area contributed by atoms with E-state index in [1.54, 1.807) is 11.5 Å². The highest BCUT2D eigenvalue weighted by molar-refractivity contribution is 9.10. The second-order valence-electron chi connectivity index (χ2n) is 11.6. The van der Waals surface area contributed by atoms with Gasteiger partial charge >= 0.3 is 5.97 Å². The van der Waals surface area contributed by atoms with Crippen molar-refractivity contribution in [2.75, 3.05) is 13.2 Å². The Hall–Kier alpha value is -5.25. The van der Waals surface area contributed by atoms with Crippen molar-refractivity contribution in [3.05, 3.63) is 167 Å². The van der Waals surface area contributed by atoms with Gasteiger partial charge in [0.2, 0.25) is 0 Å². The van der Waals surface area contributed by atoms with Crippen LogP contribution >= 0.6 is 27.3 Å². The Labute approximate surface area is 301 Å². The quantitative estimate of drug-likeness (QED) is 0.134. The molecule has 6 aromatic rings. The number of fused-ring (bicyclic) bond motifs is 2. The van der Waals surface area contributed by atoms with Crippen LogP contribution in [0.1, 0.15) is 42.1 Å². The van der Waals surface area contributed by atoms with E-state index in [1.165, 1.54) is 16.7 Å². The van der Waals surface area contributed by atoms with Crippen molar-refractivity contribution in [3.63, 3.8) is 0 Å². The molecule has 0 saturated carbocycles. The molecule has 2 heterocycles. The van der Waals surface area contributed by atoms with Crippen molar-refractivity contribution < 1.29 is 19.0 Å². The maximum Gasteiger partial charge on any atom is 0.338 e. The van der Waals surface area contributed by atoms with Crippen LogP contribution in [0.15, 0.2) is 135 Å². The number of thiazole rings is 1. The standard InChI is InChI=1S/C41H33BrN2O5S/c1-3-47-31-20-18-29(19-21-31)38-36(40(46)48-4-2)37(28-12-6-5-7-13-28)43-41-44(38)39(45)35(50-41)24-26-17-22-34(33(42)23-26)49-25-30-15-10-14-27-11-8-9-16-32(27)30/h5-24,38H,3-4,25H2,1-2H3/b35-24-/t38-/m1/s1. The van der Waals surface area contributed by atoms with Crippen LogP contribution in [0.2, 0.25) is 0 Å². The van der Waals surface area contributed by atoms with Crippen molar-refractivity contribution >= 4 is 55.8 Å². The summed E-state index contributed by atoms with van der Waals surface area (Å²) < 4.78 is 20.3. The number of nitrogens with zero attached hydrogens (tertiary/aromatic N) is 2. The molecule has 50 heavy (non-hydrogen) atoms. The molecule has 250 valence electrons. The summed E-state index contributed by atoms with van der Waals surface area (Å²) in [6, 6.07) is 36.4. The third-order valence-corrected chi connectivity index (χ3v) is 10.00. The van der Waals surface area contributed by atoms with Gasteiger partial charge < -0.3 is 14.2 Å². The minimum absolute atomic E-state index is 0.182. The summed E-state index contributed by atoms with van der Waals surface area (Å²) in [6.07, 6.45) is 1.84. The summed E-state index contributed by atoms with van der Waals surface area (Å²) in [5.41, 5.74) is 3.93. The maximum atomic E-state index is 14.3. The fraction of sp³-hybridized carbons (Fsp3) is 0.146. The molecule has 0 aliphatic carbocycles. The van der Waals surface area contributed by atoms with Crippen LogP contribution in [0.5, 0.6) is 11.5 Å². The van der Waals surface area contributed by atoms with Crippen molar-refractivity contribution in [2.45, 2.75) is 26.5 Å². The number of carbonyl (C=O) groups is 1. The molecular formula is C41H33BrN2O5S. The lowest BCUT2D eigenvalue weighted by Crippen LogP contribution is -2.40. The number of halogens is 1. The molecule has 0 fully saturated rings. The van der Waals surface area contributed by atoms with Gasteiger partial charge in [-0.25, -0.2) is 9.79 Å². The highest BCUT2D eigenvalue weighted by Crippen LogP contribution is 2.36. The fourth-order valence-corrected chi connectivity index (χ4v) is 7.63. The summed E-state index contributed by atoms with van der Waals surface area (Å²) >= 11 is 4.96. The van der Waals surface area contributed by atoms with Gasteiger partial charge in [-0.15, -0.1) is 0 Å². The summed E-state index contributed by atoms with van der Waals surface area (Å²) in [5.74, 6) is 0.869. The minimum atomic E-state index is -0.769. The van der Waals surface area contributed by atoms with Crippen LogP contribution in [0.25, 0.3) is 22.5 Å². The van der Waals surface area contributed by atoms with Gasteiger partial charge in [-0.1, -0.05) is 102 Å². The Bertz CT molecular complexity index is 2410. The number of esters is 1. The molecule has 9 heteroatoms. The molecule has 0 saturated heterocycles. The number of aromatic nitrogens is 1. The molecule has 0 spiro atoms. The molecule has 0 bridgehead atoms. The lowest BCUT2D eigenvalue weighted by molar-refractivity contribution is -0.138. The zero-order valence-electron chi connectivity index (χ0n) is 27.5. The van der Waals surface area contributed by atoms with E-state index in [-0.39, 0.29) is 12.2 Å². The zero-order valence-corrected chi connectivity index (χ0v) is 29.9. The largest absolute Gasteiger partial charge is 0.494 e. The van der Waals surface area contributed by atoms with E-state index in [9.17, 15) is 9.59 Å². The minimum Gasteiger partial charge on any atom is -0.494 e. The molecular weight excluding hydrogens is 712 g/mol. The summed E-state index contributed by atoms with van der Waals surface area (Å²) in [4.78, 5) is 33.5. The third kappa shape index (κ3) is 6.66. The van der Waals surface area contributed by atoms with Gasteiger partial charge in [0.15, 0.2) is 4.80 Å². The first-order valence-corrected chi connectivity index (χ1v) is 18.0. The van der Waals surface area contributed by atoms with Crippen molar-refractivity contribution in [3.8, 4) is 11.5 Å². The number of hydrogen-bond donors (Lipinski definition) is 0. The molecule has 1 aromatic heterocycles. The van der Waals surface area contributed by atoms with Crippen LogP contribution < -0.4 is 24.4 Å². The fourth-order valence-electron chi connectivity index (χ4n) is 6.12. The van der Waals surface area contributed by atoms with Crippen LogP contribution in [-0.2, 0) is 16.1 Å². The second kappa shape index (κ2) is 14.7. The van der Waals surface area contributed by atoms with Crippen LogP contribution in [0, 0.1) is 0 Å². The van der Waals surface area contributed by atoms with Gasteiger partial charge in [0.1, 0.15) is 18.1 Å².